The van der Waals surface area contributed by atoms with Gasteiger partial charge in [0, 0.05) is 13.0 Å². The smallest absolute Gasteiger partial charge is 0.223 e. The topological polar surface area (TPSA) is 32.3 Å². The number of hydrogen-bond donors (Lipinski definition) is 1. The molecule has 1 N–H and O–H groups in total. The fourth-order valence-corrected chi connectivity index (χ4v) is 4.85. The van der Waals surface area contributed by atoms with Gasteiger partial charge in [-0.3, -0.25) is 4.79 Å². The Balaban J connectivity index is 0.00000210. The lowest BCUT2D eigenvalue weighted by Crippen LogP contribution is -2.37. The van der Waals surface area contributed by atoms with Crippen LogP contribution in [0.2, 0.25) is 0 Å². The van der Waals surface area contributed by atoms with E-state index in [0.717, 1.165) is 32.5 Å². The van der Waals surface area contributed by atoms with E-state index in [1.54, 1.807) is 0 Å². The van der Waals surface area contributed by atoms with Crippen LogP contribution in [-0.4, -0.2) is 30.4 Å². The summed E-state index contributed by atoms with van der Waals surface area (Å²) in [5.41, 5.74) is 1.32. The predicted molar refractivity (Wildman–Crippen MR) is 114 cm³/mol. The van der Waals surface area contributed by atoms with E-state index >= 15 is 0 Å². The first-order valence-corrected chi connectivity index (χ1v) is 10.2. The zero-order valence-corrected chi connectivity index (χ0v) is 17.0. The monoisotopic (exact) mass is 386 g/mol. The molecule has 2 aliphatic rings. The summed E-state index contributed by atoms with van der Waals surface area (Å²) in [6.07, 6.45) is 5.38. The van der Waals surface area contributed by atoms with E-state index in [4.69, 9.17) is 0 Å². The standard InChI is InChI=1S/C23H30N2O.ClH/c1-17(19-9-5-13-24-16-19)15-23(26)25-14-6-12-22(25)21-11-4-8-18-7-2-3-10-20(18)21;/h2-4,7-8,10-11,17,19,22,24H,5-6,9,12-16H2,1H3;1H. The number of fused-ring (bicyclic) bond motifs is 1. The number of nitrogens with one attached hydrogen (secondary N) is 1. The van der Waals surface area contributed by atoms with Gasteiger partial charge < -0.3 is 10.2 Å². The number of amides is 1. The van der Waals surface area contributed by atoms with E-state index in [-0.39, 0.29) is 18.4 Å². The number of piperidine rings is 1. The Morgan fingerprint density at radius 1 is 1.15 bits per heavy atom. The van der Waals surface area contributed by atoms with Gasteiger partial charge in [0.2, 0.25) is 5.91 Å². The first-order valence-electron chi connectivity index (χ1n) is 10.2. The summed E-state index contributed by atoms with van der Waals surface area (Å²) >= 11 is 0. The minimum Gasteiger partial charge on any atom is -0.336 e. The molecule has 2 aliphatic heterocycles. The second kappa shape index (κ2) is 9.07. The second-order valence-corrected chi connectivity index (χ2v) is 8.10. The molecule has 0 aliphatic carbocycles. The lowest BCUT2D eigenvalue weighted by Gasteiger charge is -2.31. The van der Waals surface area contributed by atoms with Gasteiger partial charge in [0.25, 0.3) is 0 Å². The highest BCUT2D eigenvalue weighted by Crippen LogP contribution is 2.37. The Morgan fingerprint density at radius 3 is 2.78 bits per heavy atom. The molecule has 4 rings (SSSR count). The molecular formula is C23H31ClN2O. The third-order valence-electron chi connectivity index (χ3n) is 6.39. The quantitative estimate of drug-likeness (QED) is 0.806. The van der Waals surface area contributed by atoms with Crippen LogP contribution in [0.1, 0.15) is 50.6 Å². The SMILES string of the molecule is CC(CC(=O)N1CCCC1c1cccc2ccccc12)C1CCCNC1.Cl. The van der Waals surface area contributed by atoms with Crippen molar-refractivity contribution in [2.24, 2.45) is 11.8 Å². The van der Waals surface area contributed by atoms with Crippen molar-refractivity contribution in [3.05, 3.63) is 48.0 Å². The van der Waals surface area contributed by atoms with Crippen molar-refractivity contribution < 1.29 is 4.79 Å². The highest BCUT2D eigenvalue weighted by Gasteiger charge is 2.32. The number of rotatable bonds is 4. The van der Waals surface area contributed by atoms with Crippen LogP contribution in [-0.2, 0) is 4.79 Å². The van der Waals surface area contributed by atoms with E-state index in [1.807, 2.05) is 0 Å². The number of nitrogens with zero attached hydrogens (tertiary/aromatic N) is 1. The maximum Gasteiger partial charge on any atom is 0.223 e. The van der Waals surface area contributed by atoms with Crippen molar-refractivity contribution in [1.82, 2.24) is 10.2 Å². The van der Waals surface area contributed by atoms with Crippen molar-refractivity contribution >= 4 is 29.1 Å². The van der Waals surface area contributed by atoms with Crippen LogP contribution < -0.4 is 5.32 Å². The molecule has 146 valence electrons. The highest BCUT2D eigenvalue weighted by atomic mass is 35.5. The van der Waals surface area contributed by atoms with E-state index < -0.39 is 0 Å². The minimum atomic E-state index is 0. The molecule has 0 radical (unpaired) electrons. The molecule has 3 unspecified atom stereocenters. The van der Waals surface area contributed by atoms with Gasteiger partial charge in [0.05, 0.1) is 6.04 Å². The van der Waals surface area contributed by atoms with Crippen LogP contribution in [0.25, 0.3) is 10.8 Å². The Bertz CT molecular complexity index is 767. The van der Waals surface area contributed by atoms with Crippen LogP contribution >= 0.6 is 12.4 Å². The Hall–Kier alpha value is -1.58. The van der Waals surface area contributed by atoms with Crippen molar-refractivity contribution in [3.63, 3.8) is 0 Å². The third kappa shape index (κ3) is 4.30. The van der Waals surface area contributed by atoms with Gasteiger partial charge in [-0.25, -0.2) is 0 Å². The van der Waals surface area contributed by atoms with Gasteiger partial charge in [0.15, 0.2) is 0 Å². The molecule has 1 amide bonds. The molecule has 0 saturated carbocycles. The highest BCUT2D eigenvalue weighted by molar-refractivity contribution is 5.87. The molecule has 3 nitrogen and oxygen atoms in total. The molecule has 2 heterocycles. The average Bonchev–Trinajstić information content (AvgIpc) is 3.18. The van der Waals surface area contributed by atoms with Gasteiger partial charge in [0.1, 0.15) is 0 Å². The van der Waals surface area contributed by atoms with Gasteiger partial charge in [-0.05, 0) is 66.9 Å². The van der Waals surface area contributed by atoms with Crippen LogP contribution in [0, 0.1) is 11.8 Å². The molecule has 27 heavy (non-hydrogen) atoms. The van der Waals surface area contributed by atoms with Gasteiger partial charge >= 0.3 is 0 Å². The summed E-state index contributed by atoms with van der Waals surface area (Å²) in [7, 11) is 0. The Kier molecular flexibility index (Phi) is 6.78. The Morgan fingerprint density at radius 2 is 1.96 bits per heavy atom. The number of carbonyl (C=O) groups is 1. The van der Waals surface area contributed by atoms with Gasteiger partial charge in [-0.15, -0.1) is 12.4 Å². The maximum absolute atomic E-state index is 13.1. The number of halogens is 1. The zero-order chi connectivity index (χ0) is 17.9. The van der Waals surface area contributed by atoms with E-state index in [2.05, 4.69) is 59.6 Å². The molecule has 2 aromatic rings. The summed E-state index contributed by atoms with van der Waals surface area (Å²) < 4.78 is 0. The minimum absolute atomic E-state index is 0. The second-order valence-electron chi connectivity index (χ2n) is 8.10. The van der Waals surface area contributed by atoms with E-state index in [1.165, 1.54) is 29.2 Å². The molecule has 2 saturated heterocycles. The van der Waals surface area contributed by atoms with Crippen LogP contribution in [0.15, 0.2) is 42.5 Å². The third-order valence-corrected chi connectivity index (χ3v) is 6.39. The molecule has 4 heteroatoms. The predicted octanol–water partition coefficient (Wildman–Crippen LogP) is 4.95. The molecule has 2 fully saturated rings. The van der Waals surface area contributed by atoms with Crippen molar-refractivity contribution in [3.8, 4) is 0 Å². The molecule has 3 atom stereocenters. The Labute approximate surface area is 168 Å². The lowest BCUT2D eigenvalue weighted by molar-refractivity contribution is -0.133. The number of carbonyl (C=O) groups excluding carboxylic acids is 1. The van der Waals surface area contributed by atoms with Crippen molar-refractivity contribution in [2.45, 2.75) is 45.1 Å². The first kappa shape index (κ1) is 20.2. The molecular weight excluding hydrogens is 356 g/mol. The summed E-state index contributed by atoms with van der Waals surface area (Å²) in [5, 5.41) is 6.05. The summed E-state index contributed by atoms with van der Waals surface area (Å²) in [6.45, 7) is 5.37. The number of likely N-dealkylation sites (tertiary alicyclic amines) is 1. The normalized spacial score (nSPS) is 23.8. The first-order chi connectivity index (χ1) is 12.7. The molecule has 0 bridgehead atoms. The van der Waals surface area contributed by atoms with Crippen LogP contribution in [0.4, 0.5) is 0 Å². The molecule has 2 aromatic carbocycles. The van der Waals surface area contributed by atoms with Gasteiger partial charge in [-0.2, -0.15) is 0 Å². The van der Waals surface area contributed by atoms with Gasteiger partial charge in [-0.1, -0.05) is 49.4 Å². The summed E-state index contributed by atoms with van der Waals surface area (Å²) in [5.74, 6) is 1.45. The molecule has 0 spiro atoms. The van der Waals surface area contributed by atoms with Crippen LogP contribution in [0.5, 0.6) is 0 Å². The van der Waals surface area contributed by atoms with Crippen molar-refractivity contribution in [1.29, 1.82) is 0 Å². The largest absolute Gasteiger partial charge is 0.336 e. The van der Waals surface area contributed by atoms with E-state index in [9.17, 15) is 4.79 Å². The summed E-state index contributed by atoms with van der Waals surface area (Å²) in [6, 6.07) is 15.3. The average molecular weight is 387 g/mol. The zero-order valence-electron chi connectivity index (χ0n) is 16.2. The van der Waals surface area contributed by atoms with Crippen LogP contribution in [0.3, 0.4) is 0 Å². The fourth-order valence-electron chi connectivity index (χ4n) is 4.85. The summed E-state index contributed by atoms with van der Waals surface area (Å²) in [4.78, 5) is 15.3. The fraction of sp³-hybridized carbons (Fsp3) is 0.522. The number of benzene rings is 2. The maximum atomic E-state index is 13.1. The van der Waals surface area contributed by atoms with E-state index in [0.29, 0.717) is 24.2 Å². The van der Waals surface area contributed by atoms with Crippen molar-refractivity contribution in [2.75, 3.05) is 19.6 Å². The molecule has 0 aromatic heterocycles. The lowest BCUT2D eigenvalue weighted by atomic mass is 9.85. The number of hydrogen-bond acceptors (Lipinski definition) is 2.